The maximum absolute atomic E-state index is 13.0. The third-order valence-corrected chi connectivity index (χ3v) is 2.85. The molecule has 17 heavy (non-hydrogen) atoms. The summed E-state index contributed by atoms with van der Waals surface area (Å²) < 4.78 is 14.0. The van der Waals surface area contributed by atoms with Crippen molar-refractivity contribution in [2.75, 3.05) is 6.67 Å². The first-order valence-corrected chi connectivity index (χ1v) is 6.03. The molecule has 0 unspecified atom stereocenters. The van der Waals surface area contributed by atoms with E-state index in [1.807, 2.05) is 54.6 Å². The minimum atomic E-state index is -0.569. The van der Waals surface area contributed by atoms with Crippen LogP contribution >= 0.6 is 15.9 Å². The monoisotopic (exact) mass is 291 g/mol. The second-order valence-electron chi connectivity index (χ2n) is 3.53. The van der Waals surface area contributed by atoms with Crippen LogP contribution in [0.25, 0.3) is 0 Å². The molecular formula is C14H11BrFN. The van der Waals surface area contributed by atoms with Crippen LogP contribution in [0, 0.1) is 0 Å². The van der Waals surface area contributed by atoms with Crippen LogP contribution in [0.3, 0.4) is 0 Å². The Morgan fingerprint density at radius 3 is 2.24 bits per heavy atom. The van der Waals surface area contributed by atoms with Gasteiger partial charge in [0.2, 0.25) is 0 Å². The van der Waals surface area contributed by atoms with Gasteiger partial charge in [0.15, 0.2) is 0 Å². The van der Waals surface area contributed by atoms with Crippen LogP contribution in [-0.2, 0) is 0 Å². The molecule has 0 aromatic heterocycles. The van der Waals surface area contributed by atoms with Gasteiger partial charge in [0.05, 0.1) is 11.4 Å². The normalized spacial score (nSPS) is 11.5. The molecule has 0 saturated carbocycles. The van der Waals surface area contributed by atoms with Crippen molar-refractivity contribution in [2.45, 2.75) is 0 Å². The van der Waals surface area contributed by atoms with Gasteiger partial charge in [-0.15, -0.1) is 0 Å². The minimum absolute atomic E-state index is 0.452. The van der Waals surface area contributed by atoms with E-state index >= 15 is 0 Å². The Morgan fingerprint density at radius 1 is 1.00 bits per heavy atom. The van der Waals surface area contributed by atoms with Crippen molar-refractivity contribution in [1.29, 1.82) is 0 Å². The molecule has 0 amide bonds. The van der Waals surface area contributed by atoms with Gasteiger partial charge in [0.1, 0.15) is 6.67 Å². The smallest absolute Gasteiger partial charge is 0.132 e. The van der Waals surface area contributed by atoms with E-state index in [1.54, 1.807) is 0 Å². The molecule has 2 rings (SSSR count). The van der Waals surface area contributed by atoms with Crippen molar-refractivity contribution in [2.24, 2.45) is 4.99 Å². The molecule has 3 heteroatoms. The Hall–Kier alpha value is -1.48. The molecule has 0 radical (unpaired) electrons. The molecule has 0 aliphatic heterocycles. The van der Waals surface area contributed by atoms with E-state index < -0.39 is 6.67 Å². The van der Waals surface area contributed by atoms with Crippen LogP contribution < -0.4 is 0 Å². The average Bonchev–Trinajstić information content (AvgIpc) is 2.39. The van der Waals surface area contributed by atoms with Gasteiger partial charge in [-0.1, -0.05) is 46.3 Å². The molecule has 0 spiro atoms. The summed E-state index contributed by atoms with van der Waals surface area (Å²) in [6.07, 6.45) is 0. The van der Waals surface area contributed by atoms with Crippen molar-refractivity contribution >= 4 is 27.3 Å². The van der Waals surface area contributed by atoms with Crippen LogP contribution in [0.2, 0.25) is 0 Å². The largest absolute Gasteiger partial charge is 0.250 e. The summed E-state index contributed by atoms with van der Waals surface area (Å²) in [4.78, 5) is 4.31. The first kappa shape index (κ1) is 12.0. The van der Waals surface area contributed by atoms with Gasteiger partial charge in [0.25, 0.3) is 0 Å². The Labute approximate surface area is 108 Å². The van der Waals surface area contributed by atoms with E-state index in [1.165, 1.54) is 0 Å². The topological polar surface area (TPSA) is 12.4 Å². The van der Waals surface area contributed by atoms with E-state index in [9.17, 15) is 4.39 Å². The maximum Gasteiger partial charge on any atom is 0.132 e. The summed E-state index contributed by atoms with van der Waals surface area (Å²) >= 11 is 3.35. The fraction of sp³-hybridized carbons (Fsp3) is 0.0714. The van der Waals surface area contributed by atoms with Gasteiger partial charge in [-0.25, -0.2) is 4.39 Å². The number of halogens is 2. The van der Waals surface area contributed by atoms with Gasteiger partial charge in [-0.3, -0.25) is 4.99 Å². The van der Waals surface area contributed by atoms with Gasteiger partial charge < -0.3 is 0 Å². The molecule has 0 N–H and O–H groups in total. The number of alkyl halides is 1. The molecule has 0 aliphatic rings. The zero-order valence-corrected chi connectivity index (χ0v) is 10.7. The summed E-state index contributed by atoms with van der Waals surface area (Å²) in [5.74, 6) is 0. The predicted octanol–water partition coefficient (Wildman–Crippen LogP) is 4.54. The first-order chi connectivity index (χ1) is 8.29. The lowest BCUT2D eigenvalue weighted by Crippen LogP contribution is -2.02. The lowest BCUT2D eigenvalue weighted by Gasteiger charge is -2.02. The lowest BCUT2D eigenvalue weighted by atomic mass is 10.1. The molecule has 0 saturated heterocycles. The van der Waals surface area contributed by atoms with Gasteiger partial charge in [-0.2, -0.15) is 0 Å². The summed E-state index contributed by atoms with van der Waals surface area (Å²) in [5, 5.41) is 0. The Kier molecular flexibility index (Phi) is 4.04. The first-order valence-electron chi connectivity index (χ1n) is 5.24. The SMILES string of the molecule is FCC(=Nc1ccc(Br)cc1)c1ccccc1. The minimum Gasteiger partial charge on any atom is -0.250 e. The Bertz CT molecular complexity index is 506. The Morgan fingerprint density at radius 2 is 1.65 bits per heavy atom. The van der Waals surface area contributed by atoms with E-state index in [0.29, 0.717) is 5.71 Å². The zero-order chi connectivity index (χ0) is 12.1. The lowest BCUT2D eigenvalue weighted by molar-refractivity contribution is 0.582. The van der Waals surface area contributed by atoms with Crippen LogP contribution in [0.15, 0.2) is 64.1 Å². The summed E-state index contributed by atoms with van der Waals surface area (Å²) in [6.45, 7) is -0.569. The quantitative estimate of drug-likeness (QED) is 0.736. The molecule has 0 fully saturated rings. The van der Waals surface area contributed by atoms with Crippen molar-refractivity contribution in [3.8, 4) is 0 Å². The van der Waals surface area contributed by atoms with E-state index in [2.05, 4.69) is 20.9 Å². The van der Waals surface area contributed by atoms with Gasteiger partial charge in [-0.05, 0) is 29.8 Å². The molecule has 2 aromatic carbocycles. The van der Waals surface area contributed by atoms with Crippen molar-refractivity contribution in [3.63, 3.8) is 0 Å². The van der Waals surface area contributed by atoms with Crippen LogP contribution in [0.5, 0.6) is 0 Å². The highest BCUT2D eigenvalue weighted by Gasteiger charge is 2.02. The highest BCUT2D eigenvalue weighted by atomic mass is 79.9. The van der Waals surface area contributed by atoms with E-state index in [0.717, 1.165) is 15.7 Å². The summed E-state index contributed by atoms with van der Waals surface area (Å²) in [5.41, 5.74) is 2.02. The highest BCUT2D eigenvalue weighted by molar-refractivity contribution is 9.10. The van der Waals surface area contributed by atoms with Crippen LogP contribution in [0.1, 0.15) is 5.56 Å². The zero-order valence-electron chi connectivity index (χ0n) is 9.11. The van der Waals surface area contributed by atoms with Gasteiger partial charge >= 0.3 is 0 Å². The van der Waals surface area contributed by atoms with E-state index in [-0.39, 0.29) is 0 Å². The fourth-order valence-corrected chi connectivity index (χ4v) is 1.74. The Balaban J connectivity index is 2.33. The molecule has 1 nitrogen and oxygen atoms in total. The van der Waals surface area contributed by atoms with Gasteiger partial charge in [0, 0.05) is 4.47 Å². The highest BCUT2D eigenvalue weighted by Crippen LogP contribution is 2.18. The third-order valence-electron chi connectivity index (χ3n) is 2.32. The molecule has 0 heterocycles. The molecule has 86 valence electrons. The molecular weight excluding hydrogens is 281 g/mol. The number of benzene rings is 2. The number of nitrogens with zero attached hydrogens (tertiary/aromatic N) is 1. The van der Waals surface area contributed by atoms with E-state index in [4.69, 9.17) is 0 Å². The average molecular weight is 292 g/mol. The summed E-state index contributed by atoms with van der Waals surface area (Å²) in [7, 11) is 0. The third kappa shape index (κ3) is 3.24. The molecule has 2 aromatic rings. The van der Waals surface area contributed by atoms with Crippen molar-refractivity contribution < 1.29 is 4.39 Å². The maximum atomic E-state index is 13.0. The number of rotatable bonds is 3. The van der Waals surface area contributed by atoms with Crippen molar-refractivity contribution in [3.05, 3.63) is 64.6 Å². The molecule has 0 aliphatic carbocycles. The standard InChI is InChI=1S/C14H11BrFN/c15-12-6-8-13(9-7-12)17-14(10-16)11-4-2-1-3-5-11/h1-9H,10H2. The molecule has 0 atom stereocenters. The van der Waals surface area contributed by atoms with Crippen LogP contribution in [-0.4, -0.2) is 12.4 Å². The number of hydrogen-bond acceptors (Lipinski definition) is 1. The van der Waals surface area contributed by atoms with Crippen molar-refractivity contribution in [1.82, 2.24) is 0 Å². The number of hydrogen-bond donors (Lipinski definition) is 0. The summed E-state index contributed by atoms with van der Waals surface area (Å²) in [6, 6.07) is 16.8. The van der Waals surface area contributed by atoms with Crippen LogP contribution in [0.4, 0.5) is 10.1 Å². The second-order valence-corrected chi connectivity index (χ2v) is 4.45. The predicted molar refractivity (Wildman–Crippen MR) is 72.8 cm³/mol. The number of aliphatic imine (C=N–C) groups is 1. The molecule has 0 bridgehead atoms. The second kappa shape index (κ2) is 5.73. The fourth-order valence-electron chi connectivity index (χ4n) is 1.47.